The monoisotopic (exact) mass is 352 g/mol. The Kier molecular flexibility index (Phi) is 11.8. The van der Waals surface area contributed by atoms with Gasteiger partial charge in [0.2, 0.25) is 5.91 Å². The highest BCUT2D eigenvalue weighted by molar-refractivity contribution is 8.76. The lowest BCUT2D eigenvalue weighted by Crippen LogP contribution is -2.47. The molecule has 0 aliphatic rings. The summed E-state index contributed by atoms with van der Waals surface area (Å²) in [5.41, 5.74) is 0. The van der Waals surface area contributed by atoms with Crippen molar-refractivity contribution in [3.8, 4) is 0 Å². The molecule has 0 unspecified atom stereocenters. The average Bonchev–Trinajstić information content (AvgIpc) is 2.44. The SMILES string of the molecule is COC(=O)N[C@@H](CC(C)C)C(=O)NCCSSCCC(=O)O. The van der Waals surface area contributed by atoms with Gasteiger partial charge in [0.05, 0.1) is 13.5 Å². The van der Waals surface area contributed by atoms with Gasteiger partial charge in [-0.05, 0) is 12.3 Å². The van der Waals surface area contributed by atoms with Crippen LogP contribution < -0.4 is 10.6 Å². The summed E-state index contributed by atoms with van der Waals surface area (Å²) < 4.78 is 4.52. The Morgan fingerprint density at radius 2 is 1.82 bits per heavy atom. The highest BCUT2D eigenvalue weighted by Gasteiger charge is 2.21. The van der Waals surface area contributed by atoms with Crippen molar-refractivity contribution in [3.05, 3.63) is 0 Å². The van der Waals surface area contributed by atoms with E-state index in [9.17, 15) is 14.4 Å². The summed E-state index contributed by atoms with van der Waals surface area (Å²) in [6.07, 6.45) is 0.0322. The summed E-state index contributed by atoms with van der Waals surface area (Å²) in [6.45, 7) is 4.39. The number of carbonyl (C=O) groups is 3. The van der Waals surface area contributed by atoms with Crippen LogP contribution in [-0.4, -0.2) is 54.3 Å². The summed E-state index contributed by atoms with van der Waals surface area (Å²) in [4.78, 5) is 33.6. The molecule has 0 aliphatic carbocycles. The summed E-state index contributed by atoms with van der Waals surface area (Å²) >= 11 is 0. The van der Waals surface area contributed by atoms with Gasteiger partial charge in [-0.1, -0.05) is 35.4 Å². The third-order valence-corrected chi connectivity index (χ3v) is 4.88. The Hall–Kier alpha value is -1.09. The molecule has 0 radical (unpaired) electrons. The molecule has 0 bridgehead atoms. The second kappa shape index (κ2) is 12.5. The summed E-state index contributed by atoms with van der Waals surface area (Å²) in [5.74, 6) is 0.409. The number of amides is 2. The van der Waals surface area contributed by atoms with E-state index in [0.29, 0.717) is 24.5 Å². The van der Waals surface area contributed by atoms with Gasteiger partial charge >= 0.3 is 12.1 Å². The Bertz CT molecular complexity index is 366. The number of alkyl carbamates (subject to hydrolysis) is 1. The number of ether oxygens (including phenoxy) is 1. The molecule has 0 aromatic carbocycles. The molecule has 128 valence electrons. The van der Waals surface area contributed by atoms with Crippen molar-refractivity contribution >= 4 is 39.6 Å². The molecule has 1 atom stereocenters. The first-order valence-corrected chi connectivity index (χ1v) is 9.44. The summed E-state index contributed by atoms with van der Waals surface area (Å²) in [6, 6.07) is -0.614. The van der Waals surface area contributed by atoms with Crippen molar-refractivity contribution in [2.45, 2.75) is 32.7 Å². The number of methoxy groups -OCH3 is 1. The fourth-order valence-corrected chi connectivity index (χ4v) is 3.38. The lowest BCUT2D eigenvalue weighted by molar-refractivity contribution is -0.136. The molecule has 3 N–H and O–H groups in total. The van der Waals surface area contributed by atoms with Crippen molar-refractivity contribution in [2.24, 2.45) is 5.92 Å². The Morgan fingerprint density at radius 1 is 1.18 bits per heavy atom. The predicted molar refractivity (Wildman–Crippen MR) is 89.0 cm³/mol. The quantitative estimate of drug-likeness (QED) is 0.384. The normalized spacial score (nSPS) is 11.8. The van der Waals surface area contributed by atoms with E-state index < -0.39 is 18.1 Å². The van der Waals surface area contributed by atoms with E-state index >= 15 is 0 Å². The smallest absolute Gasteiger partial charge is 0.407 e. The molecule has 7 nitrogen and oxygen atoms in total. The second-order valence-corrected chi connectivity index (χ2v) is 7.60. The third-order valence-electron chi connectivity index (χ3n) is 2.47. The van der Waals surface area contributed by atoms with Crippen molar-refractivity contribution in [1.82, 2.24) is 10.6 Å². The van der Waals surface area contributed by atoms with E-state index in [0.717, 1.165) is 0 Å². The van der Waals surface area contributed by atoms with Gasteiger partial charge in [0, 0.05) is 18.1 Å². The van der Waals surface area contributed by atoms with Gasteiger partial charge in [0.1, 0.15) is 6.04 Å². The minimum atomic E-state index is -0.813. The van der Waals surface area contributed by atoms with E-state index in [1.807, 2.05) is 13.8 Å². The van der Waals surface area contributed by atoms with Gasteiger partial charge in [0.25, 0.3) is 0 Å². The van der Waals surface area contributed by atoms with E-state index in [-0.39, 0.29) is 18.2 Å². The largest absolute Gasteiger partial charge is 0.481 e. The van der Waals surface area contributed by atoms with Gasteiger partial charge in [-0.3, -0.25) is 9.59 Å². The molecule has 22 heavy (non-hydrogen) atoms. The van der Waals surface area contributed by atoms with Gasteiger partial charge in [-0.2, -0.15) is 0 Å². The number of hydrogen-bond acceptors (Lipinski definition) is 6. The molecule has 0 aromatic heterocycles. The molecule has 0 heterocycles. The summed E-state index contributed by atoms with van der Waals surface area (Å²) in [7, 11) is 4.22. The van der Waals surface area contributed by atoms with Crippen LogP contribution in [0.1, 0.15) is 26.7 Å². The molecule has 0 aromatic rings. The van der Waals surface area contributed by atoms with E-state index in [1.165, 1.54) is 28.7 Å². The Labute approximate surface area is 138 Å². The molecule has 0 spiro atoms. The first-order chi connectivity index (χ1) is 10.4. The third kappa shape index (κ3) is 11.6. The number of nitrogens with one attached hydrogen (secondary N) is 2. The van der Waals surface area contributed by atoms with Crippen LogP contribution in [0.2, 0.25) is 0 Å². The molecule has 0 rings (SSSR count). The zero-order chi connectivity index (χ0) is 17.0. The zero-order valence-corrected chi connectivity index (χ0v) is 14.7. The molecular formula is C13H24N2O5S2. The van der Waals surface area contributed by atoms with Crippen LogP contribution in [0.4, 0.5) is 4.79 Å². The van der Waals surface area contributed by atoms with Gasteiger partial charge in [-0.15, -0.1) is 0 Å². The molecule has 9 heteroatoms. The van der Waals surface area contributed by atoms with Crippen LogP contribution in [0.5, 0.6) is 0 Å². The number of aliphatic carboxylic acids is 1. The fourth-order valence-electron chi connectivity index (χ4n) is 1.49. The molecular weight excluding hydrogens is 328 g/mol. The first kappa shape index (κ1) is 20.9. The second-order valence-electron chi connectivity index (χ2n) is 4.90. The molecule has 0 aliphatic heterocycles. The molecule has 0 saturated carbocycles. The minimum Gasteiger partial charge on any atom is -0.481 e. The predicted octanol–water partition coefficient (Wildman–Crippen LogP) is 1.73. The number of carboxylic acid groups (broad SMARTS) is 1. The van der Waals surface area contributed by atoms with Crippen molar-refractivity contribution in [3.63, 3.8) is 0 Å². The number of rotatable bonds is 11. The van der Waals surface area contributed by atoms with E-state index in [1.54, 1.807) is 0 Å². The topological polar surface area (TPSA) is 105 Å². The van der Waals surface area contributed by atoms with Crippen molar-refractivity contribution < 1.29 is 24.2 Å². The van der Waals surface area contributed by atoms with Gasteiger partial charge in [0.15, 0.2) is 0 Å². The van der Waals surface area contributed by atoms with Crippen LogP contribution in [0.25, 0.3) is 0 Å². The highest BCUT2D eigenvalue weighted by Crippen LogP contribution is 2.20. The lowest BCUT2D eigenvalue weighted by Gasteiger charge is -2.19. The zero-order valence-electron chi connectivity index (χ0n) is 13.1. The van der Waals surface area contributed by atoms with Crippen LogP contribution in [-0.2, 0) is 14.3 Å². The maximum atomic E-state index is 12.0. The average molecular weight is 352 g/mol. The van der Waals surface area contributed by atoms with Crippen LogP contribution >= 0.6 is 21.6 Å². The Morgan fingerprint density at radius 3 is 2.36 bits per heavy atom. The van der Waals surface area contributed by atoms with Crippen LogP contribution in [0.15, 0.2) is 0 Å². The Balaban J connectivity index is 3.96. The van der Waals surface area contributed by atoms with Crippen LogP contribution in [0, 0.1) is 5.92 Å². The van der Waals surface area contributed by atoms with Crippen molar-refractivity contribution in [2.75, 3.05) is 25.2 Å². The minimum absolute atomic E-state index is 0.129. The molecule has 2 amide bonds. The lowest BCUT2D eigenvalue weighted by atomic mass is 10.0. The fraction of sp³-hybridized carbons (Fsp3) is 0.769. The standard InChI is InChI=1S/C13H24N2O5S2/c1-9(2)8-10(15-13(19)20-3)12(18)14-5-7-22-21-6-4-11(16)17/h9-10H,4-8H2,1-3H3,(H,14,18)(H,15,19)(H,16,17)/t10-/m0/s1. The number of carbonyl (C=O) groups excluding carboxylic acids is 2. The van der Waals surface area contributed by atoms with Crippen LogP contribution in [0.3, 0.4) is 0 Å². The maximum absolute atomic E-state index is 12.0. The molecule has 0 fully saturated rings. The first-order valence-electron chi connectivity index (χ1n) is 6.95. The van der Waals surface area contributed by atoms with E-state index in [2.05, 4.69) is 15.4 Å². The number of hydrogen-bond donors (Lipinski definition) is 3. The number of carboxylic acids is 1. The summed E-state index contributed by atoms with van der Waals surface area (Å²) in [5, 5.41) is 13.8. The highest BCUT2D eigenvalue weighted by atomic mass is 33.1. The maximum Gasteiger partial charge on any atom is 0.407 e. The van der Waals surface area contributed by atoms with Gasteiger partial charge in [-0.25, -0.2) is 4.79 Å². The van der Waals surface area contributed by atoms with Gasteiger partial charge < -0.3 is 20.5 Å². The molecule has 0 saturated heterocycles. The van der Waals surface area contributed by atoms with Crippen molar-refractivity contribution in [1.29, 1.82) is 0 Å². The van der Waals surface area contributed by atoms with E-state index in [4.69, 9.17) is 5.11 Å².